The van der Waals surface area contributed by atoms with Crippen molar-refractivity contribution < 1.29 is 9.84 Å². The van der Waals surface area contributed by atoms with E-state index in [0.717, 1.165) is 17.0 Å². The summed E-state index contributed by atoms with van der Waals surface area (Å²) >= 11 is 1.29. The molecule has 1 aromatic rings. The first-order chi connectivity index (χ1) is 7.87. The van der Waals surface area contributed by atoms with Crippen LogP contribution in [0.3, 0.4) is 0 Å². The minimum absolute atomic E-state index is 0.197. The Kier molecular flexibility index (Phi) is 5.04. The largest absolute Gasteiger partial charge is 0.387 e. The highest BCUT2D eigenvalue weighted by molar-refractivity contribution is 7.05. The molecular formula is C12H22N2O2S. The molecule has 1 heterocycles. The van der Waals surface area contributed by atoms with Crippen molar-refractivity contribution in [3.05, 3.63) is 10.6 Å². The number of aliphatic hydroxyl groups excluding tert-OH is 1. The van der Waals surface area contributed by atoms with Gasteiger partial charge >= 0.3 is 0 Å². The fraction of sp³-hybridized carbons (Fsp3) is 0.833. The van der Waals surface area contributed by atoms with Gasteiger partial charge in [-0.25, -0.2) is 0 Å². The lowest BCUT2D eigenvalue weighted by Crippen LogP contribution is -2.23. The summed E-state index contributed by atoms with van der Waals surface area (Å²) in [6.45, 7) is 8.17. The van der Waals surface area contributed by atoms with E-state index in [0.29, 0.717) is 12.3 Å². The fourth-order valence-electron chi connectivity index (χ4n) is 1.55. The maximum Gasteiger partial charge on any atom is 0.0918 e. The zero-order valence-electron chi connectivity index (χ0n) is 11.2. The van der Waals surface area contributed by atoms with Gasteiger partial charge in [-0.3, -0.25) is 0 Å². The molecule has 1 aromatic heterocycles. The van der Waals surface area contributed by atoms with Crippen LogP contribution >= 0.6 is 11.5 Å². The van der Waals surface area contributed by atoms with E-state index in [1.807, 2.05) is 13.8 Å². The Bertz CT molecular complexity index is 350. The third-order valence-corrected chi connectivity index (χ3v) is 3.80. The molecule has 1 unspecified atom stereocenters. The zero-order valence-corrected chi connectivity index (χ0v) is 12.0. The maximum atomic E-state index is 10.2. The van der Waals surface area contributed by atoms with Crippen LogP contribution in [0.1, 0.15) is 63.1 Å². The summed E-state index contributed by atoms with van der Waals surface area (Å²) in [5, 5.41) is 14.3. The molecule has 0 saturated heterocycles. The van der Waals surface area contributed by atoms with Crippen molar-refractivity contribution in [1.29, 1.82) is 0 Å². The topological polar surface area (TPSA) is 55.2 Å². The molecule has 98 valence electrons. The van der Waals surface area contributed by atoms with Crippen LogP contribution in [-0.4, -0.2) is 27.4 Å². The molecule has 0 aliphatic heterocycles. The maximum absolute atomic E-state index is 10.2. The lowest BCUT2D eigenvalue weighted by molar-refractivity contribution is 0.00299. The molecule has 0 bridgehead atoms. The Morgan fingerprint density at radius 2 is 2.06 bits per heavy atom. The van der Waals surface area contributed by atoms with E-state index in [2.05, 4.69) is 23.4 Å². The summed E-state index contributed by atoms with van der Waals surface area (Å²) < 4.78 is 9.27. The van der Waals surface area contributed by atoms with Gasteiger partial charge in [0.1, 0.15) is 0 Å². The highest BCUT2D eigenvalue weighted by Gasteiger charge is 2.23. The van der Waals surface area contributed by atoms with Crippen molar-refractivity contribution in [3.8, 4) is 0 Å². The van der Waals surface area contributed by atoms with E-state index in [4.69, 9.17) is 4.74 Å². The van der Waals surface area contributed by atoms with Crippen LogP contribution in [0.15, 0.2) is 0 Å². The second-order valence-corrected chi connectivity index (χ2v) is 5.98. The van der Waals surface area contributed by atoms with Crippen LogP contribution in [0.5, 0.6) is 0 Å². The summed E-state index contributed by atoms with van der Waals surface area (Å²) in [5.41, 5.74) is 0.717. The third-order valence-electron chi connectivity index (χ3n) is 2.96. The number of methoxy groups -OCH3 is 1. The van der Waals surface area contributed by atoms with Gasteiger partial charge in [-0.15, -0.1) is 5.10 Å². The molecule has 5 heteroatoms. The van der Waals surface area contributed by atoms with E-state index in [-0.39, 0.29) is 5.60 Å². The molecule has 0 radical (unpaired) electrons. The average molecular weight is 258 g/mol. The molecule has 0 aliphatic rings. The van der Waals surface area contributed by atoms with Gasteiger partial charge in [-0.1, -0.05) is 18.3 Å². The molecule has 4 nitrogen and oxygen atoms in total. The van der Waals surface area contributed by atoms with Gasteiger partial charge < -0.3 is 9.84 Å². The van der Waals surface area contributed by atoms with Gasteiger partial charge in [0.15, 0.2) is 0 Å². The van der Waals surface area contributed by atoms with Gasteiger partial charge in [0.2, 0.25) is 0 Å². The quantitative estimate of drug-likeness (QED) is 0.852. The van der Waals surface area contributed by atoms with E-state index in [9.17, 15) is 5.11 Å². The average Bonchev–Trinajstić information content (AvgIpc) is 2.75. The Hall–Kier alpha value is -0.520. The number of ether oxygens (including phenoxy) is 1. The van der Waals surface area contributed by atoms with Crippen LogP contribution in [0.4, 0.5) is 0 Å². The van der Waals surface area contributed by atoms with Gasteiger partial charge in [0.05, 0.1) is 22.3 Å². The Morgan fingerprint density at radius 3 is 2.59 bits per heavy atom. The highest BCUT2D eigenvalue weighted by Crippen LogP contribution is 2.30. The molecule has 0 aromatic carbocycles. The van der Waals surface area contributed by atoms with Gasteiger partial charge in [-0.05, 0) is 44.1 Å². The smallest absolute Gasteiger partial charge is 0.0918 e. The number of aromatic nitrogens is 2. The minimum Gasteiger partial charge on any atom is -0.387 e. The monoisotopic (exact) mass is 258 g/mol. The second-order valence-electron chi connectivity index (χ2n) is 5.20. The van der Waals surface area contributed by atoms with Crippen molar-refractivity contribution >= 4 is 11.5 Å². The fourth-order valence-corrected chi connectivity index (χ4v) is 2.38. The Balaban J connectivity index is 2.64. The SMILES string of the molecule is COC(C)(C)CCC(O)c1snnc1C(C)C. The predicted octanol–water partition coefficient (Wildman–Crippen LogP) is 2.90. The molecule has 0 fully saturated rings. The molecule has 0 amide bonds. The predicted molar refractivity (Wildman–Crippen MR) is 69.3 cm³/mol. The normalized spacial score (nSPS) is 14.3. The van der Waals surface area contributed by atoms with Crippen LogP contribution in [0.25, 0.3) is 0 Å². The Labute approximate surface area is 107 Å². The second kappa shape index (κ2) is 5.89. The third kappa shape index (κ3) is 4.01. The lowest BCUT2D eigenvalue weighted by atomic mass is 9.98. The highest BCUT2D eigenvalue weighted by atomic mass is 32.1. The molecule has 1 N–H and O–H groups in total. The van der Waals surface area contributed by atoms with E-state index >= 15 is 0 Å². The van der Waals surface area contributed by atoms with E-state index in [1.165, 1.54) is 11.5 Å². The molecular weight excluding hydrogens is 236 g/mol. The number of hydrogen-bond acceptors (Lipinski definition) is 5. The van der Waals surface area contributed by atoms with Crippen LogP contribution in [0.2, 0.25) is 0 Å². The summed E-state index contributed by atoms with van der Waals surface area (Å²) in [6.07, 6.45) is 0.992. The van der Waals surface area contributed by atoms with Gasteiger partial charge in [0.25, 0.3) is 0 Å². The first-order valence-corrected chi connectivity index (χ1v) is 6.70. The molecule has 1 rings (SSSR count). The van der Waals surface area contributed by atoms with E-state index < -0.39 is 6.10 Å². The summed E-state index contributed by atoms with van der Waals surface area (Å²) in [5.74, 6) is 0.300. The summed E-state index contributed by atoms with van der Waals surface area (Å²) in [7, 11) is 1.69. The van der Waals surface area contributed by atoms with E-state index in [1.54, 1.807) is 7.11 Å². The molecule has 0 spiro atoms. The number of aliphatic hydroxyl groups is 1. The molecule has 17 heavy (non-hydrogen) atoms. The van der Waals surface area contributed by atoms with Crippen molar-refractivity contribution in [2.75, 3.05) is 7.11 Å². The Morgan fingerprint density at radius 1 is 1.41 bits per heavy atom. The first kappa shape index (κ1) is 14.5. The number of nitrogens with zero attached hydrogens (tertiary/aromatic N) is 2. The van der Waals surface area contributed by atoms with Crippen LogP contribution in [0, 0.1) is 0 Å². The summed E-state index contributed by atoms with van der Waals surface area (Å²) in [4.78, 5) is 0.895. The van der Waals surface area contributed by atoms with Crippen molar-refractivity contribution in [3.63, 3.8) is 0 Å². The van der Waals surface area contributed by atoms with Crippen molar-refractivity contribution in [2.24, 2.45) is 0 Å². The molecule has 0 aliphatic carbocycles. The minimum atomic E-state index is -0.484. The lowest BCUT2D eigenvalue weighted by Gasteiger charge is -2.24. The first-order valence-electron chi connectivity index (χ1n) is 5.92. The zero-order chi connectivity index (χ0) is 13.1. The molecule has 0 saturated carbocycles. The van der Waals surface area contributed by atoms with Crippen LogP contribution < -0.4 is 0 Å². The van der Waals surface area contributed by atoms with Crippen LogP contribution in [-0.2, 0) is 4.74 Å². The standard InChI is InChI=1S/C12H22N2O2S/c1-8(2)10-11(17-14-13-10)9(15)6-7-12(3,4)16-5/h8-9,15H,6-7H2,1-5H3. The van der Waals surface area contributed by atoms with Crippen molar-refractivity contribution in [1.82, 2.24) is 9.59 Å². The molecule has 1 atom stereocenters. The number of hydrogen-bond donors (Lipinski definition) is 1. The van der Waals surface area contributed by atoms with Gasteiger partial charge in [-0.2, -0.15) is 0 Å². The van der Waals surface area contributed by atoms with Crippen molar-refractivity contribution in [2.45, 2.75) is 58.2 Å². The number of rotatable bonds is 6. The summed E-state index contributed by atoms with van der Waals surface area (Å²) in [6, 6.07) is 0. The van der Waals surface area contributed by atoms with Gasteiger partial charge in [0, 0.05) is 7.11 Å².